The van der Waals surface area contributed by atoms with Gasteiger partial charge in [-0.1, -0.05) is 158 Å². The number of nitrogens with zero attached hydrogens (tertiary/aromatic N) is 4. The molecule has 262 valence electrons. The van der Waals surface area contributed by atoms with Crippen LogP contribution in [0.5, 0.6) is 0 Å². The monoisotopic (exact) mass is 732 g/mol. The number of benzene rings is 8. The van der Waals surface area contributed by atoms with Crippen molar-refractivity contribution in [2.24, 2.45) is 0 Å². The Kier molecular flexibility index (Phi) is 7.64. The van der Waals surface area contributed by atoms with Crippen LogP contribution in [0, 0.1) is 0 Å². The van der Waals surface area contributed by atoms with E-state index in [4.69, 9.17) is 15.0 Å². The van der Waals surface area contributed by atoms with Crippen LogP contribution < -0.4 is 0 Å². The van der Waals surface area contributed by atoms with E-state index in [1.807, 2.05) is 72.0 Å². The fourth-order valence-electron chi connectivity index (χ4n) is 7.97. The molecule has 0 atom stereocenters. The van der Waals surface area contributed by atoms with Crippen molar-refractivity contribution in [2.45, 2.75) is 0 Å². The van der Waals surface area contributed by atoms with Gasteiger partial charge in [-0.05, 0) is 58.7 Å². The molecule has 56 heavy (non-hydrogen) atoms. The summed E-state index contributed by atoms with van der Waals surface area (Å²) < 4.78 is 5.05. The highest BCUT2D eigenvalue weighted by Crippen LogP contribution is 2.41. The van der Waals surface area contributed by atoms with Crippen LogP contribution in [0.25, 0.3) is 104 Å². The predicted molar refractivity (Wildman–Crippen MR) is 234 cm³/mol. The molecule has 5 heteroatoms. The molecule has 0 aliphatic heterocycles. The van der Waals surface area contributed by atoms with Gasteiger partial charge in [0.15, 0.2) is 17.5 Å². The van der Waals surface area contributed by atoms with Crippen LogP contribution in [0.4, 0.5) is 0 Å². The largest absolute Gasteiger partial charge is 0.309 e. The Bertz CT molecular complexity index is 3180. The number of hydrogen-bond acceptors (Lipinski definition) is 4. The van der Waals surface area contributed by atoms with E-state index in [1.165, 1.54) is 53.1 Å². The van der Waals surface area contributed by atoms with Crippen LogP contribution in [-0.4, -0.2) is 19.5 Å². The molecule has 0 aliphatic rings. The van der Waals surface area contributed by atoms with Crippen molar-refractivity contribution in [2.75, 3.05) is 0 Å². The summed E-state index contributed by atoms with van der Waals surface area (Å²) >= 11 is 1.87. The van der Waals surface area contributed by atoms with E-state index in [2.05, 4.69) is 138 Å². The lowest BCUT2D eigenvalue weighted by molar-refractivity contribution is 1.07. The lowest BCUT2D eigenvalue weighted by Crippen LogP contribution is -2.00. The van der Waals surface area contributed by atoms with Gasteiger partial charge in [-0.2, -0.15) is 0 Å². The van der Waals surface area contributed by atoms with Gasteiger partial charge in [0.1, 0.15) is 0 Å². The fraction of sp³-hybridized carbons (Fsp3) is 0. The molecule has 3 aromatic heterocycles. The van der Waals surface area contributed by atoms with Crippen LogP contribution in [0.1, 0.15) is 0 Å². The summed E-state index contributed by atoms with van der Waals surface area (Å²) in [6.07, 6.45) is 0. The van der Waals surface area contributed by atoms with Gasteiger partial charge < -0.3 is 4.57 Å². The Morgan fingerprint density at radius 1 is 0.339 bits per heavy atom. The molecule has 0 saturated heterocycles. The standard InChI is InChI=1S/C51H32N4S/c1-3-13-34(14-4-1)49-52-50(35-15-5-2-6-16-35)54-51(53-49)36-27-25-33(26-28-36)37-29-30-46-44(32-37)41-19-7-9-23-45(41)55(46)39-18-11-17-38(31-39)40-21-12-22-43-42-20-8-10-24-47(42)56-48(40)43/h1-32H. The molecule has 0 N–H and O–H groups in total. The third-order valence-electron chi connectivity index (χ3n) is 10.7. The van der Waals surface area contributed by atoms with E-state index in [1.54, 1.807) is 0 Å². The Morgan fingerprint density at radius 3 is 1.61 bits per heavy atom. The molecule has 8 aromatic carbocycles. The predicted octanol–water partition coefficient (Wildman–Crippen LogP) is 13.7. The highest BCUT2D eigenvalue weighted by Gasteiger charge is 2.17. The molecule has 0 radical (unpaired) electrons. The average Bonchev–Trinajstić information content (AvgIpc) is 3.83. The van der Waals surface area contributed by atoms with Gasteiger partial charge in [-0.3, -0.25) is 0 Å². The van der Waals surface area contributed by atoms with Gasteiger partial charge in [0.2, 0.25) is 0 Å². The first-order valence-electron chi connectivity index (χ1n) is 18.8. The molecule has 0 spiro atoms. The molecule has 11 aromatic rings. The van der Waals surface area contributed by atoms with Gasteiger partial charge in [0, 0.05) is 53.3 Å². The summed E-state index contributed by atoms with van der Waals surface area (Å²) in [5.74, 6) is 1.96. The molecule has 4 nitrogen and oxygen atoms in total. The number of aromatic nitrogens is 4. The summed E-state index contributed by atoms with van der Waals surface area (Å²) in [4.78, 5) is 14.7. The van der Waals surface area contributed by atoms with Crippen LogP contribution in [0.3, 0.4) is 0 Å². The molecule has 0 unspecified atom stereocenters. The first-order valence-corrected chi connectivity index (χ1v) is 19.6. The molecule has 0 bridgehead atoms. The minimum atomic E-state index is 0.647. The normalized spacial score (nSPS) is 11.6. The van der Waals surface area contributed by atoms with E-state index in [-0.39, 0.29) is 0 Å². The lowest BCUT2D eigenvalue weighted by atomic mass is 10.0. The zero-order valence-corrected chi connectivity index (χ0v) is 31.0. The maximum Gasteiger partial charge on any atom is 0.164 e. The SMILES string of the molecule is c1ccc(-c2nc(-c3ccccc3)nc(-c3ccc(-c4ccc5c(c4)c4ccccc4n5-c4cccc(-c5cccc6c5sc5ccccc56)c4)cc3)n2)cc1. The quantitative estimate of drug-likeness (QED) is 0.171. The number of hydrogen-bond donors (Lipinski definition) is 0. The Hall–Kier alpha value is -7.21. The molecule has 3 heterocycles. The molecule has 0 aliphatic carbocycles. The van der Waals surface area contributed by atoms with Crippen molar-refractivity contribution < 1.29 is 0 Å². The minimum Gasteiger partial charge on any atom is -0.309 e. The summed E-state index contributed by atoms with van der Waals surface area (Å²) in [7, 11) is 0. The van der Waals surface area contributed by atoms with Gasteiger partial charge in [0.05, 0.1) is 11.0 Å². The van der Waals surface area contributed by atoms with Crippen molar-refractivity contribution in [3.63, 3.8) is 0 Å². The molecular weight excluding hydrogens is 701 g/mol. The van der Waals surface area contributed by atoms with E-state index < -0.39 is 0 Å². The average molecular weight is 733 g/mol. The Balaban J connectivity index is 0.983. The van der Waals surface area contributed by atoms with E-state index in [0.717, 1.165) is 33.5 Å². The second-order valence-corrected chi connectivity index (χ2v) is 15.1. The van der Waals surface area contributed by atoms with Gasteiger partial charge in [-0.25, -0.2) is 15.0 Å². The van der Waals surface area contributed by atoms with Crippen molar-refractivity contribution in [3.05, 3.63) is 194 Å². The first-order chi connectivity index (χ1) is 27.7. The zero-order valence-electron chi connectivity index (χ0n) is 30.2. The molecule has 11 rings (SSSR count). The summed E-state index contributed by atoms with van der Waals surface area (Å²) in [6, 6.07) is 68.7. The Morgan fingerprint density at radius 2 is 0.875 bits per heavy atom. The summed E-state index contributed by atoms with van der Waals surface area (Å²) in [5, 5.41) is 5.08. The number of para-hydroxylation sites is 1. The van der Waals surface area contributed by atoms with Crippen molar-refractivity contribution in [1.82, 2.24) is 19.5 Å². The van der Waals surface area contributed by atoms with Crippen LogP contribution in [0.15, 0.2) is 194 Å². The second-order valence-electron chi connectivity index (χ2n) is 14.0. The maximum atomic E-state index is 4.93. The molecular formula is C51H32N4S. The van der Waals surface area contributed by atoms with E-state index in [0.29, 0.717) is 17.5 Å². The topological polar surface area (TPSA) is 43.6 Å². The highest BCUT2D eigenvalue weighted by molar-refractivity contribution is 7.26. The number of thiophene rings is 1. The van der Waals surface area contributed by atoms with E-state index >= 15 is 0 Å². The van der Waals surface area contributed by atoms with Crippen LogP contribution >= 0.6 is 11.3 Å². The van der Waals surface area contributed by atoms with Gasteiger partial charge in [0.25, 0.3) is 0 Å². The van der Waals surface area contributed by atoms with E-state index in [9.17, 15) is 0 Å². The zero-order chi connectivity index (χ0) is 37.0. The summed E-state index contributed by atoms with van der Waals surface area (Å²) in [5.41, 5.74) is 11.1. The first kappa shape index (κ1) is 32.2. The van der Waals surface area contributed by atoms with Crippen molar-refractivity contribution in [1.29, 1.82) is 0 Å². The van der Waals surface area contributed by atoms with Gasteiger partial charge >= 0.3 is 0 Å². The number of fused-ring (bicyclic) bond motifs is 6. The van der Waals surface area contributed by atoms with Crippen LogP contribution in [-0.2, 0) is 0 Å². The second kappa shape index (κ2) is 13.3. The number of rotatable bonds is 6. The lowest BCUT2D eigenvalue weighted by Gasteiger charge is -2.11. The Labute approximate surface area is 327 Å². The highest BCUT2D eigenvalue weighted by atomic mass is 32.1. The molecule has 0 fully saturated rings. The van der Waals surface area contributed by atoms with Crippen molar-refractivity contribution >= 4 is 53.3 Å². The molecule has 0 amide bonds. The third-order valence-corrected chi connectivity index (χ3v) is 11.9. The maximum absolute atomic E-state index is 4.93. The summed E-state index contributed by atoms with van der Waals surface area (Å²) in [6.45, 7) is 0. The van der Waals surface area contributed by atoms with Crippen LogP contribution in [0.2, 0.25) is 0 Å². The molecule has 0 saturated carbocycles. The third kappa shape index (κ3) is 5.48. The van der Waals surface area contributed by atoms with Crippen molar-refractivity contribution in [3.8, 4) is 62.1 Å². The smallest absolute Gasteiger partial charge is 0.164 e. The van der Waals surface area contributed by atoms with Gasteiger partial charge in [-0.15, -0.1) is 11.3 Å². The minimum absolute atomic E-state index is 0.647. The fourth-order valence-corrected chi connectivity index (χ4v) is 9.21.